The molecule has 3 nitrogen and oxygen atoms in total. The Kier molecular flexibility index (Phi) is 1.81. The topological polar surface area (TPSA) is 38.3 Å². The largest absolute Gasteiger partial charge is 0.438 e. The van der Waals surface area contributed by atoms with Crippen LogP contribution in [0.2, 0.25) is 0 Å². The van der Waals surface area contributed by atoms with E-state index >= 15 is 0 Å². The van der Waals surface area contributed by atoms with Crippen molar-refractivity contribution >= 4 is 25.1 Å². The highest BCUT2D eigenvalue weighted by Crippen LogP contribution is 2.34. The van der Waals surface area contributed by atoms with E-state index in [1.165, 1.54) is 0 Å². The van der Waals surface area contributed by atoms with Gasteiger partial charge in [-0.3, -0.25) is 5.32 Å². The van der Waals surface area contributed by atoms with E-state index in [0.29, 0.717) is 0 Å². The summed E-state index contributed by atoms with van der Waals surface area (Å²) in [5.41, 5.74) is 2.49. The van der Waals surface area contributed by atoms with E-state index in [9.17, 15) is 4.79 Å². The van der Waals surface area contributed by atoms with Crippen molar-refractivity contribution in [3.05, 3.63) is 23.8 Å². The zero-order chi connectivity index (χ0) is 10.3. The SMILES string of the molecule is Bc1ccc2c(c1)C(C)(C)OC(=O)N2. The van der Waals surface area contributed by atoms with Crippen LogP contribution in [0, 0.1) is 0 Å². The zero-order valence-corrected chi connectivity index (χ0v) is 8.55. The Balaban J connectivity index is 2.58. The first-order valence-corrected chi connectivity index (χ1v) is 4.60. The highest BCUT2D eigenvalue weighted by Gasteiger charge is 2.32. The van der Waals surface area contributed by atoms with Gasteiger partial charge in [0.15, 0.2) is 0 Å². The minimum absolute atomic E-state index is 0.383. The summed E-state index contributed by atoms with van der Waals surface area (Å²) in [6.45, 7) is 3.79. The smallest absolute Gasteiger partial charge is 0.412 e. The van der Waals surface area contributed by atoms with Gasteiger partial charge in [-0.15, -0.1) is 0 Å². The lowest BCUT2D eigenvalue weighted by molar-refractivity contribution is 0.0421. The molecule has 1 amide bonds. The summed E-state index contributed by atoms with van der Waals surface area (Å²) in [7, 11) is 2.02. The molecule has 72 valence electrons. The summed E-state index contributed by atoms with van der Waals surface area (Å²) in [5, 5.41) is 2.68. The zero-order valence-electron chi connectivity index (χ0n) is 8.55. The first-order chi connectivity index (χ1) is 6.49. The monoisotopic (exact) mass is 189 g/mol. The Morgan fingerprint density at radius 3 is 2.86 bits per heavy atom. The molecule has 0 saturated carbocycles. The highest BCUT2D eigenvalue weighted by atomic mass is 16.6. The van der Waals surface area contributed by atoms with Gasteiger partial charge in [0.1, 0.15) is 13.4 Å². The van der Waals surface area contributed by atoms with Crippen molar-refractivity contribution in [2.24, 2.45) is 0 Å². The molecule has 1 heterocycles. The third kappa shape index (κ3) is 1.37. The number of ether oxygens (including phenoxy) is 1. The predicted molar refractivity (Wildman–Crippen MR) is 57.7 cm³/mol. The Morgan fingerprint density at radius 1 is 1.43 bits per heavy atom. The molecule has 0 spiro atoms. The lowest BCUT2D eigenvalue weighted by atomic mass is 9.87. The Bertz CT molecular complexity index is 401. The van der Waals surface area contributed by atoms with Crippen LogP contribution >= 0.6 is 0 Å². The van der Waals surface area contributed by atoms with Crippen LogP contribution in [0.25, 0.3) is 0 Å². The van der Waals surface area contributed by atoms with Gasteiger partial charge in [-0.1, -0.05) is 17.6 Å². The van der Waals surface area contributed by atoms with E-state index < -0.39 is 5.60 Å². The maximum atomic E-state index is 11.2. The van der Waals surface area contributed by atoms with Gasteiger partial charge in [-0.25, -0.2) is 4.79 Å². The molecule has 0 atom stereocenters. The van der Waals surface area contributed by atoms with E-state index in [-0.39, 0.29) is 6.09 Å². The average molecular weight is 189 g/mol. The van der Waals surface area contributed by atoms with Gasteiger partial charge in [0.05, 0.1) is 5.69 Å². The van der Waals surface area contributed by atoms with Gasteiger partial charge < -0.3 is 4.74 Å². The molecule has 2 rings (SSSR count). The molecule has 0 aliphatic carbocycles. The second-order valence-electron chi connectivity index (χ2n) is 4.07. The number of benzene rings is 1. The van der Waals surface area contributed by atoms with Crippen LogP contribution in [-0.2, 0) is 10.3 Å². The highest BCUT2D eigenvalue weighted by molar-refractivity contribution is 6.32. The number of hydrogen-bond donors (Lipinski definition) is 1. The fraction of sp³-hybridized carbons (Fsp3) is 0.300. The molecule has 14 heavy (non-hydrogen) atoms. The summed E-state index contributed by atoms with van der Waals surface area (Å²) < 4.78 is 5.21. The molecule has 1 N–H and O–H groups in total. The normalized spacial score (nSPS) is 18.0. The number of rotatable bonds is 0. The third-order valence-electron chi connectivity index (χ3n) is 2.41. The Hall–Kier alpha value is -1.45. The number of cyclic esters (lactones) is 1. The molecular weight excluding hydrogens is 177 g/mol. The number of amides is 1. The van der Waals surface area contributed by atoms with Crippen molar-refractivity contribution in [1.82, 2.24) is 0 Å². The van der Waals surface area contributed by atoms with Gasteiger partial charge in [-0.05, 0) is 19.9 Å². The number of fused-ring (bicyclic) bond motifs is 1. The molecule has 0 radical (unpaired) electrons. The second-order valence-corrected chi connectivity index (χ2v) is 4.07. The molecule has 0 fully saturated rings. The van der Waals surface area contributed by atoms with Crippen molar-refractivity contribution in [3.63, 3.8) is 0 Å². The van der Waals surface area contributed by atoms with Crippen LogP contribution < -0.4 is 10.8 Å². The van der Waals surface area contributed by atoms with Gasteiger partial charge in [-0.2, -0.15) is 0 Å². The average Bonchev–Trinajstić information content (AvgIpc) is 2.05. The van der Waals surface area contributed by atoms with Crippen molar-refractivity contribution in [1.29, 1.82) is 0 Å². The van der Waals surface area contributed by atoms with Gasteiger partial charge in [0, 0.05) is 5.56 Å². The van der Waals surface area contributed by atoms with Crippen LogP contribution in [0.5, 0.6) is 0 Å². The van der Waals surface area contributed by atoms with Crippen LogP contribution in [0.3, 0.4) is 0 Å². The molecule has 1 aliphatic heterocycles. The molecule has 0 saturated heterocycles. The second kappa shape index (κ2) is 2.77. The van der Waals surface area contributed by atoms with E-state index in [1.807, 2.05) is 39.9 Å². The van der Waals surface area contributed by atoms with Crippen molar-refractivity contribution in [2.45, 2.75) is 19.4 Å². The molecule has 4 heteroatoms. The summed E-state index contributed by atoms with van der Waals surface area (Å²) in [5.74, 6) is 0. The van der Waals surface area contributed by atoms with Crippen molar-refractivity contribution in [3.8, 4) is 0 Å². The number of carbonyl (C=O) groups is 1. The molecule has 0 aromatic heterocycles. The predicted octanol–water partition coefficient (Wildman–Crippen LogP) is 0.742. The van der Waals surface area contributed by atoms with E-state index in [0.717, 1.165) is 16.7 Å². The third-order valence-corrected chi connectivity index (χ3v) is 2.41. The first kappa shape index (κ1) is 9.12. The summed E-state index contributed by atoms with van der Waals surface area (Å²) in [6, 6.07) is 5.92. The molecule has 1 aliphatic rings. The standard InChI is InChI=1S/C10H12BNO2/c1-10(2)7-5-6(11)3-4-8(7)12-9(13)14-10/h3-5H,11H2,1-2H3,(H,12,13). The van der Waals surface area contributed by atoms with Gasteiger partial charge in [0.25, 0.3) is 0 Å². The van der Waals surface area contributed by atoms with Crippen LogP contribution in [0.1, 0.15) is 19.4 Å². The van der Waals surface area contributed by atoms with Gasteiger partial charge in [0.2, 0.25) is 0 Å². The fourth-order valence-corrected chi connectivity index (χ4v) is 1.69. The Morgan fingerprint density at radius 2 is 2.14 bits per heavy atom. The van der Waals surface area contributed by atoms with Crippen LogP contribution in [0.4, 0.5) is 10.5 Å². The minimum atomic E-state index is -0.538. The first-order valence-electron chi connectivity index (χ1n) is 4.60. The Labute approximate surface area is 83.9 Å². The maximum absolute atomic E-state index is 11.2. The van der Waals surface area contributed by atoms with Crippen LogP contribution in [0.15, 0.2) is 18.2 Å². The minimum Gasteiger partial charge on any atom is -0.438 e. The van der Waals surface area contributed by atoms with Crippen LogP contribution in [-0.4, -0.2) is 13.9 Å². The molecule has 1 aromatic rings. The van der Waals surface area contributed by atoms with Gasteiger partial charge >= 0.3 is 6.09 Å². The number of hydrogen-bond acceptors (Lipinski definition) is 2. The summed E-state index contributed by atoms with van der Waals surface area (Å²) in [4.78, 5) is 11.2. The van der Waals surface area contributed by atoms with E-state index in [4.69, 9.17) is 4.74 Å². The number of anilines is 1. The van der Waals surface area contributed by atoms with Crippen molar-refractivity contribution < 1.29 is 9.53 Å². The van der Waals surface area contributed by atoms with E-state index in [2.05, 4.69) is 5.32 Å². The molecular formula is C10H12BNO2. The quantitative estimate of drug-likeness (QED) is 0.611. The number of carbonyl (C=O) groups excluding carboxylic acids is 1. The number of nitrogens with one attached hydrogen (secondary N) is 1. The molecule has 1 aromatic carbocycles. The summed E-state index contributed by atoms with van der Waals surface area (Å²) >= 11 is 0. The molecule has 0 bridgehead atoms. The summed E-state index contributed by atoms with van der Waals surface area (Å²) in [6.07, 6.45) is -0.383. The lowest BCUT2D eigenvalue weighted by Crippen LogP contribution is -2.35. The lowest BCUT2D eigenvalue weighted by Gasteiger charge is -2.32. The van der Waals surface area contributed by atoms with E-state index in [1.54, 1.807) is 0 Å². The van der Waals surface area contributed by atoms with Crippen molar-refractivity contribution in [2.75, 3.05) is 5.32 Å². The molecule has 0 unspecified atom stereocenters. The maximum Gasteiger partial charge on any atom is 0.412 e. The fourth-order valence-electron chi connectivity index (χ4n) is 1.69.